The number of fused-ring (bicyclic) bond motifs is 4. The molecule has 2 aromatic rings. The molecule has 2 bridgehead atoms. The molecule has 3 saturated heterocycles. The van der Waals surface area contributed by atoms with Gasteiger partial charge in [0.25, 0.3) is 5.91 Å². The first kappa shape index (κ1) is 17.5. The standard InChI is InChI=1S/C21H22ClFN2O/c22-20-9-7-18(23)10-17(20)13-24-11-15-6-8-19(24)14-25(12-15)21(26)16-4-2-1-3-5-16/h1-5,7,9-10,15,19H,6,8,11-14H2/t15-,19-/m1/s1. The number of carbonyl (C=O) groups is 1. The molecule has 3 nitrogen and oxygen atoms in total. The number of halogens is 2. The van der Waals surface area contributed by atoms with E-state index >= 15 is 0 Å². The van der Waals surface area contributed by atoms with E-state index in [9.17, 15) is 9.18 Å². The van der Waals surface area contributed by atoms with Crippen LogP contribution in [0.3, 0.4) is 0 Å². The van der Waals surface area contributed by atoms with Gasteiger partial charge in [-0.15, -0.1) is 0 Å². The van der Waals surface area contributed by atoms with Gasteiger partial charge < -0.3 is 4.90 Å². The van der Waals surface area contributed by atoms with Gasteiger partial charge in [0.05, 0.1) is 0 Å². The molecule has 0 saturated carbocycles. The molecule has 0 radical (unpaired) electrons. The van der Waals surface area contributed by atoms with Gasteiger partial charge in [0.2, 0.25) is 0 Å². The molecule has 3 aliphatic rings. The number of amides is 1. The van der Waals surface area contributed by atoms with Crippen molar-refractivity contribution in [1.82, 2.24) is 9.80 Å². The largest absolute Gasteiger partial charge is 0.337 e. The molecule has 5 rings (SSSR count). The van der Waals surface area contributed by atoms with Crippen LogP contribution < -0.4 is 0 Å². The fraction of sp³-hybridized carbons (Fsp3) is 0.381. The van der Waals surface area contributed by atoms with Crippen LogP contribution in [0.4, 0.5) is 4.39 Å². The smallest absolute Gasteiger partial charge is 0.253 e. The Balaban J connectivity index is 1.51. The summed E-state index contributed by atoms with van der Waals surface area (Å²) in [5.41, 5.74) is 1.56. The second-order valence-electron chi connectivity index (χ2n) is 7.34. The third-order valence-electron chi connectivity index (χ3n) is 5.52. The van der Waals surface area contributed by atoms with Crippen molar-refractivity contribution in [2.24, 2.45) is 5.92 Å². The van der Waals surface area contributed by atoms with E-state index in [1.165, 1.54) is 12.1 Å². The van der Waals surface area contributed by atoms with Gasteiger partial charge >= 0.3 is 0 Å². The summed E-state index contributed by atoms with van der Waals surface area (Å²) < 4.78 is 13.6. The topological polar surface area (TPSA) is 23.6 Å². The van der Waals surface area contributed by atoms with E-state index in [0.717, 1.165) is 43.6 Å². The van der Waals surface area contributed by atoms with Gasteiger partial charge in [-0.3, -0.25) is 9.69 Å². The molecule has 3 aliphatic heterocycles. The van der Waals surface area contributed by atoms with Gasteiger partial charge in [0.15, 0.2) is 0 Å². The van der Waals surface area contributed by atoms with Crippen LogP contribution in [0.5, 0.6) is 0 Å². The molecule has 0 N–H and O–H groups in total. The second-order valence-corrected chi connectivity index (χ2v) is 7.75. The average molecular weight is 373 g/mol. The number of benzene rings is 2. The summed E-state index contributed by atoms with van der Waals surface area (Å²) in [6.45, 7) is 3.07. The molecule has 2 atom stereocenters. The molecule has 0 aliphatic carbocycles. The van der Waals surface area contributed by atoms with Gasteiger partial charge in [-0.05, 0) is 54.7 Å². The van der Waals surface area contributed by atoms with Crippen LogP contribution in [-0.4, -0.2) is 41.4 Å². The lowest BCUT2D eigenvalue weighted by molar-refractivity contribution is 0.0736. The lowest BCUT2D eigenvalue weighted by Gasteiger charge is -2.36. The van der Waals surface area contributed by atoms with E-state index in [0.29, 0.717) is 23.5 Å². The Hall–Kier alpha value is -1.91. The Morgan fingerprint density at radius 3 is 2.69 bits per heavy atom. The van der Waals surface area contributed by atoms with E-state index in [1.807, 2.05) is 35.2 Å². The molecule has 2 aromatic carbocycles. The van der Waals surface area contributed by atoms with Crippen LogP contribution in [0, 0.1) is 11.7 Å². The Labute approximate surface area is 158 Å². The van der Waals surface area contributed by atoms with Crippen LogP contribution in [0.25, 0.3) is 0 Å². The summed E-state index contributed by atoms with van der Waals surface area (Å²) in [6.07, 6.45) is 2.20. The SMILES string of the molecule is O=C(c1ccccc1)N1C[C@@H]2CC[C@H](C1)N(Cc1cc(F)ccc1Cl)C2. The lowest BCUT2D eigenvalue weighted by atomic mass is 9.94. The zero-order valence-electron chi connectivity index (χ0n) is 14.6. The average Bonchev–Trinajstić information content (AvgIpc) is 2.97. The Bertz CT molecular complexity index is 798. The summed E-state index contributed by atoms with van der Waals surface area (Å²) in [5, 5.41) is 0.601. The third kappa shape index (κ3) is 3.62. The van der Waals surface area contributed by atoms with Crippen molar-refractivity contribution >= 4 is 17.5 Å². The number of piperidine rings is 1. The molecule has 1 amide bonds. The minimum Gasteiger partial charge on any atom is -0.337 e. The maximum absolute atomic E-state index is 13.6. The van der Waals surface area contributed by atoms with Crippen LogP contribution >= 0.6 is 11.6 Å². The molecule has 3 fully saturated rings. The van der Waals surface area contributed by atoms with Crippen molar-refractivity contribution in [3.63, 3.8) is 0 Å². The summed E-state index contributed by atoms with van der Waals surface area (Å²) in [4.78, 5) is 17.2. The maximum atomic E-state index is 13.6. The van der Waals surface area contributed by atoms with E-state index in [2.05, 4.69) is 4.90 Å². The number of rotatable bonds is 3. The molecular weight excluding hydrogens is 351 g/mol. The predicted molar refractivity (Wildman–Crippen MR) is 101 cm³/mol. The number of nitrogens with zero attached hydrogens (tertiary/aromatic N) is 2. The first-order valence-corrected chi connectivity index (χ1v) is 9.50. The molecule has 3 heterocycles. The fourth-order valence-electron chi connectivity index (χ4n) is 4.19. The predicted octanol–water partition coefficient (Wildman–Crippen LogP) is 4.22. The van der Waals surface area contributed by atoms with Crippen molar-refractivity contribution in [3.8, 4) is 0 Å². The van der Waals surface area contributed by atoms with Gasteiger partial charge in [-0.2, -0.15) is 0 Å². The maximum Gasteiger partial charge on any atom is 0.253 e. The third-order valence-corrected chi connectivity index (χ3v) is 5.88. The highest BCUT2D eigenvalue weighted by molar-refractivity contribution is 6.31. The Kier molecular flexibility index (Phi) is 4.96. The molecule has 0 spiro atoms. The fourth-order valence-corrected chi connectivity index (χ4v) is 4.36. The van der Waals surface area contributed by atoms with Gasteiger partial charge in [-0.25, -0.2) is 4.39 Å². The van der Waals surface area contributed by atoms with Crippen molar-refractivity contribution in [2.45, 2.75) is 25.4 Å². The number of hydrogen-bond donors (Lipinski definition) is 0. The van der Waals surface area contributed by atoms with E-state index in [-0.39, 0.29) is 11.7 Å². The van der Waals surface area contributed by atoms with E-state index < -0.39 is 0 Å². The molecule has 0 unspecified atom stereocenters. The number of hydrogen-bond acceptors (Lipinski definition) is 2. The van der Waals surface area contributed by atoms with Crippen molar-refractivity contribution < 1.29 is 9.18 Å². The highest BCUT2D eigenvalue weighted by Crippen LogP contribution is 2.31. The lowest BCUT2D eigenvalue weighted by Crippen LogP contribution is -2.44. The molecular formula is C21H22ClFN2O. The zero-order chi connectivity index (χ0) is 18.1. The quantitative estimate of drug-likeness (QED) is 0.805. The normalized spacial score (nSPS) is 23.1. The zero-order valence-corrected chi connectivity index (χ0v) is 15.3. The van der Waals surface area contributed by atoms with Crippen molar-refractivity contribution in [1.29, 1.82) is 0 Å². The minimum absolute atomic E-state index is 0.105. The molecule has 0 aromatic heterocycles. The molecule has 136 valence electrons. The van der Waals surface area contributed by atoms with Crippen LogP contribution in [0.1, 0.15) is 28.8 Å². The van der Waals surface area contributed by atoms with Crippen LogP contribution in [-0.2, 0) is 6.54 Å². The second kappa shape index (κ2) is 7.37. The molecule has 5 heteroatoms. The minimum atomic E-state index is -0.259. The van der Waals surface area contributed by atoms with Gasteiger partial charge in [-0.1, -0.05) is 29.8 Å². The Morgan fingerprint density at radius 2 is 1.88 bits per heavy atom. The van der Waals surface area contributed by atoms with Crippen LogP contribution in [0.2, 0.25) is 5.02 Å². The van der Waals surface area contributed by atoms with E-state index in [1.54, 1.807) is 6.07 Å². The first-order valence-electron chi connectivity index (χ1n) is 9.12. The first-order chi connectivity index (χ1) is 12.6. The summed E-state index contributed by atoms with van der Waals surface area (Å²) >= 11 is 6.26. The van der Waals surface area contributed by atoms with Crippen LogP contribution in [0.15, 0.2) is 48.5 Å². The van der Waals surface area contributed by atoms with Crippen molar-refractivity contribution in [2.75, 3.05) is 19.6 Å². The Morgan fingerprint density at radius 1 is 1.08 bits per heavy atom. The summed E-state index contributed by atoms with van der Waals surface area (Å²) in [7, 11) is 0. The van der Waals surface area contributed by atoms with Crippen molar-refractivity contribution in [3.05, 3.63) is 70.5 Å². The summed E-state index contributed by atoms with van der Waals surface area (Å²) in [5.74, 6) is 0.298. The number of carbonyl (C=O) groups excluding carboxylic acids is 1. The molecule has 26 heavy (non-hydrogen) atoms. The summed E-state index contributed by atoms with van der Waals surface area (Å²) in [6, 6.07) is 14.3. The van der Waals surface area contributed by atoms with Gasteiger partial charge in [0, 0.05) is 42.8 Å². The van der Waals surface area contributed by atoms with E-state index in [4.69, 9.17) is 11.6 Å². The monoisotopic (exact) mass is 372 g/mol. The highest BCUT2D eigenvalue weighted by Gasteiger charge is 2.36. The highest BCUT2D eigenvalue weighted by atomic mass is 35.5. The van der Waals surface area contributed by atoms with Gasteiger partial charge in [0.1, 0.15) is 5.82 Å².